The second-order valence-electron chi connectivity index (χ2n) is 10.8. The van der Waals surface area contributed by atoms with Gasteiger partial charge >= 0.3 is 6.18 Å². The number of alkyl halides is 3. The molecule has 1 amide bonds. The van der Waals surface area contributed by atoms with Crippen LogP contribution >= 0.6 is 0 Å². The van der Waals surface area contributed by atoms with Crippen molar-refractivity contribution in [2.24, 2.45) is 0 Å². The Balaban J connectivity index is 1.30. The van der Waals surface area contributed by atoms with E-state index in [0.29, 0.717) is 12.1 Å². The third kappa shape index (κ3) is 8.11. The van der Waals surface area contributed by atoms with Crippen LogP contribution in [0, 0.1) is 0 Å². The summed E-state index contributed by atoms with van der Waals surface area (Å²) in [5.74, 6) is -0.153. The Kier molecular flexibility index (Phi) is 9.57. The lowest BCUT2D eigenvalue weighted by molar-refractivity contribution is -0.137. The van der Waals surface area contributed by atoms with Crippen LogP contribution in [0.3, 0.4) is 0 Å². The number of aromatic nitrogens is 1. The van der Waals surface area contributed by atoms with Crippen LogP contribution in [-0.4, -0.2) is 46.9 Å². The second kappa shape index (κ2) is 13.7. The van der Waals surface area contributed by atoms with Crippen molar-refractivity contribution in [2.45, 2.75) is 38.1 Å². The van der Waals surface area contributed by atoms with Gasteiger partial charge in [0.05, 0.1) is 5.56 Å². The number of halogens is 3. The molecule has 8 heteroatoms. The third-order valence-corrected chi connectivity index (χ3v) is 7.91. The molecule has 5 rings (SSSR count). The first-order valence-corrected chi connectivity index (χ1v) is 14.4. The number of hydrogen-bond donors (Lipinski definition) is 0. The van der Waals surface area contributed by atoms with Crippen LogP contribution in [0.5, 0.6) is 0 Å². The van der Waals surface area contributed by atoms with E-state index in [-0.39, 0.29) is 11.9 Å². The Morgan fingerprint density at radius 1 is 0.860 bits per heavy atom. The molecule has 1 saturated heterocycles. The predicted molar refractivity (Wildman–Crippen MR) is 165 cm³/mol. The number of amides is 1. The molecule has 1 aliphatic heterocycles. The summed E-state index contributed by atoms with van der Waals surface area (Å²) in [6.07, 6.45) is 3.87. The fourth-order valence-corrected chi connectivity index (χ4v) is 5.40. The maximum absolute atomic E-state index is 13.6. The number of carbonyl (C=O) groups is 1. The molecule has 0 aliphatic carbocycles. The highest BCUT2D eigenvalue weighted by Gasteiger charge is 2.30. The number of rotatable bonds is 9. The summed E-state index contributed by atoms with van der Waals surface area (Å²) >= 11 is 0. The lowest BCUT2D eigenvalue weighted by atomic mass is 10.0. The van der Waals surface area contributed by atoms with Gasteiger partial charge in [-0.15, -0.1) is 0 Å². The molecule has 4 aromatic rings. The van der Waals surface area contributed by atoms with Gasteiger partial charge in [0, 0.05) is 69.1 Å². The molecule has 2 heterocycles. The van der Waals surface area contributed by atoms with Gasteiger partial charge in [0.15, 0.2) is 0 Å². The van der Waals surface area contributed by atoms with Crippen molar-refractivity contribution in [2.75, 3.05) is 25.0 Å². The van der Waals surface area contributed by atoms with Crippen LogP contribution in [0.15, 0.2) is 109 Å². The van der Waals surface area contributed by atoms with Crippen molar-refractivity contribution in [1.29, 1.82) is 0 Å². The first kappa shape index (κ1) is 30.0. The quantitative estimate of drug-likeness (QED) is 0.190. The van der Waals surface area contributed by atoms with E-state index in [4.69, 9.17) is 0 Å². The van der Waals surface area contributed by atoms with Crippen LogP contribution < -0.4 is 4.90 Å². The van der Waals surface area contributed by atoms with Gasteiger partial charge < -0.3 is 9.80 Å². The molecule has 43 heavy (non-hydrogen) atoms. The van der Waals surface area contributed by atoms with E-state index in [1.165, 1.54) is 23.8 Å². The minimum absolute atomic E-state index is 0.0518. The van der Waals surface area contributed by atoms with Gasteiger partial charge in [0.25, 0.3) is 0 Å². The average molecular weight is 585 g/mol. The van der Waals surface area contributed by atoms with Gasteiger partial charge in [0.2, 0.25) is 5.91 Å². The molecule has 3 aromatic carbocycles. The number of hydrogen-bond acceptors (Lipinski definition) is 4. The summed E-state index contributed by atoms with van der Waals surface area (Å²) in [7, 11) is 2.00. The number of nitrogens with zero attached hydrogens (tertiary/aromatic N) is 4. The van der Waals surface area contributed by atoms with Gasteiger partial charge in [-0.2, -0.15) is 13.2 Å². The SMILES string of the molecule is CN(c1ccncc1)c1ccc(CN(C(=O)C=Cc2ccc(C(F)(F)F)cc2)C2CCN(Cc3ccccc3)CC2)cc1. The third-order valence-electron chi connectivity index (χ3n) is 7.91. The first-order chi connectivity index (χ1) is 20.8. The van der Waals surface area contributed by atoms with E-state index in [1.807, 2.05) is 66.5 Å². The Hall–Kier alpha value is -4.43. The molecule has 0 radical (unpaired) electrons. The number of anilines is 2. The summed E-state index contributed by atoms with van der Waals surface area (Å²) in [6.45, 7) is 3.07. The zero-order valence-corrected chi connectivity index (χ0v) is 24.1. The smallest absolute Gasteiger partial charge is 0.345 e. The van der Waals surface area contributed by atoms with Crippen molar-refractivity contribution in [1.82, 2.24) is 14.8 Å². The van der Waals surface area contributed by atoms with E-state index in [9.17, 15) is 18.0 Å². The molecular formula is C35H35F3N4O. The van der Waals surface area contributed by atoms with Crippen molar-refractivity contribution in [3.8, 4) is 0 Å². The minimum Gasteiger partial charge on any atom is -0.345 e. The van der Waals surface area contributed by atoms with Crippen molar-refractivity contribution in [3.05, 3.63) is 132 Å². The molecule has 1 fully saturated rings. The molecular weight excluding hydrogens is 549 g/mol. The van der Waals surface area contributed by atoms with Crippen LogP contribution in [-0.2, 0) is 24.1 Å². The second-order valence-corrected chi connectivity index (χ2v) is 10.8. The molecule has 1 aromatic heterocycles. The van der Waals surface area contributed by atoms with Gasteiger partial charge in [-0.1, -0.05) is 54.6 Å². The van der Waals surface area contributed by atoms with E-state index >= 15 is 0 Å². The molecule has 5 nitrogen and oxygen atoms in total. The Morgan fingerprint density at radius 3 is 2.12 bits per heavy atom. The first-order valence-electron chi connectivity index (χ1n) is 14.4. The zero-order valence-electron chi connectivity index (χ0n) is 24.1. The van der Waals surface area contributed by atoms with Gasteiger partial charge in [-0.05, 0) is 72.0 Å². The van der Waals surface area contributed by atoms with Crippen LogP contribution in [0.25, 0.3) is 6.08 Å². The lowest BCUT2D eigenvalue weighted by Gasteiger charge is -2.38. The largest absolute Gasteiger partial charge is 0.416 e. The summed E-state index contributed by atoms with van der Waals surface area (Å²) in [5, 5.41) is 0. The highest BCUT2D eigenvalue weighted by Crippen LogP contribution is 2.29. The predicted octanol–water partition coefficient (Wildman–Crippen LogP) is 7.57. The number of likely N-dealkylation sites (tertiary alicyclic amines) is 1. The molecule has 0 bridgehead atoms. The van der Waals surface area contributed by atoms with E-state index < -0.39 is 11.7 Å². The minimum atomic E-state index is -4.40. The molecule has 0 saturated carbocycles. The monoisotopic (exact) mass is 584 g/mol. The number of piperidine rings is 1. The van der Waals surface area contributed by atoms with Gasteiger partial charge in [-0.25, -0.2) is 0 Å². The summed E-state index contributed by atoms with van der Waals surface area (Å²) in [6, 6.07) is 27.3. The van der Waals surface area contributed by atoms with Crippen molar-refractivity contribution >= 4 is 23.4 Å². The number of pyridine rings is 1. The molecule has 0 unspecified atom stereocenters. The molecule has 0 N–H and O–H groups in total. The Labute approximate surface area is 250 Å². The molecule has 0 spiro atoms. The van der Waals surface area contributed by atoms with E-state index in [1.54, 1.807) is 18.5 Å². The Morgan fingerprint density at radius 2 is 1.49 bits per heavy atom. The average Bonchev–Trinajstić information content (AvgIpc) is 3.03. The number of carbonyl (C=O) groups excluding carboxylic acids is 1. The molecule has 0 atom stereocenters. The summed E-state index contributed by atoms with van der Waals surface area (Å²) < 4.78 is 38.9. The van der Waals surface area contributed by atoms with Gasteiger partial charge in [0.1, 0.15) is 0 Å². The Bertz CT molecular complexity index is 1480. The van der Waals surface area contributed by atoms with E-state index in [2.05, 4.69) is 26.9 Å². The number of benzene rings is 3. The maximum Gasteiger partial charge on any atom is 0.416 e. The zero-order chi connectivity index (χ0) is 30.2. The van der Waals surface area contributed by atoms with Crippen LogP contribution in [0.4, 0.5) is 24.5 Å². The topological polar surface area (TPSA) is 39.7 Å². The fraction of sp³-hybridized carbons (Fsp3) is 0.257. The molecule has 1 aliphatic rings. The standard InChI is InChI=1S/C35H35F3N4O/c1-40(32-17-21-39-22-18-32)31-14-9-29(10-15-31)26-42(33-19-23-41(24-20-33)25-28-5-3-2-4-6-28)34(43)16-11-27-7-12-30(13-8-27)35(36,37)38/h2-18,21-22,33H,19-20,23-26H2,1H3. The maximum atomic E-state index is 13.6. The lowest BCUT2D eigenvalue weighted by Crippen LogP contribution is -2.46. The highest BCUT2D eigenvalue weighted by molar-refractivity contribution is 5.92. The highest BCUT2D eigenvalue weighted by atomic mass is 19.4. The summed E-state index contributed by atoms with van der Waals surface area (Å²) in [5.41, 5.74) is 4.15. The normalized spacial score (nSPS) is 14.6. The van der Waals surface area contributed by atoms with E-state index in [0.717, 1.165) is 61.5 Å². The van der Waals surface area contributed by atoms with Gasteiger partial charge in [-0.3, -0.25) is 14.7 Å². The summed E-state index contributed by atoms with van der Waals surface area (Å²) in [4.78, 5) is 24.1. The van der Waals surface area contributed by atoms with Crippen LogP contribution in [0.2, 0.25) is 0 Å². The van der Waals surface area contributed by atoms with Crippen molar-refractivity contribution in [3.63, 3.8) is 0 Å². The van der Waals surface area contributed by atoms with Crippen molar-refractivity contribution < 1.29 is 18.0 Å². The van der Waals surface area contributed by atoms with Crippen LogP contribution in [0.1, 0.15) is 35.1 Å². The fourth-order valence-electron chi connectivity index (χ4n) is 5.40. The molecule has 222 valence electrons.